The van der Waals surface area contributed by atoms with Crippen LogP contribution in [0.2, 0.25) is 0 Å². The van der Waals surface area contributed by atoms with Gasteiger partial charge in [0.2, 0.25) is 0 Å². The van der Waals surface area contributed by atoms with Crippen LogP contribution in [0.15, 0.2) is 0 Å². The van der Waals surface area contributed by atoms with Crippen molar-refractivity contribution in [2.75, 3.05) is 12.0 Å². The number of halogens is 1. The summed E-state index contributed by atoms with van der Waals surface area (Å²) in [5.41, 5.74) is 0. The fourth-order valence-electron chi connectivity index (χ4n) is 1.03. The average molecular weight is 181 g/mol. The van der Waals surface area contributed by atoms with Gasteiger partial charge in [0.1, 0.15) is 0 Å². The summed E-state index contributed by atoms with van der Waals surface area (Å²) in [6.07, 6.45) is 4.62. The summed E-state index contributed by atoms with van der Waals surface area (Å²) in [4.78, 5) is 0. The molecule has 0 spiro atoms. The molecule has 0 aliphatic rings. The van der Waals surface area contributed by atoms with Crippen molar-refractivity contribution in [3.05, 3.63) is 0 Å². The summed E-state index contributed by atoms with van der Waals surface area (Å²) in [6, 6.07) is 0. The molecule has 2 atom stereocenters. The third-order valence-corrected chi connectivity index (χ3v) is 2.87. The van der Waals surface area contributed by atoms with E-state index in [0.29, 0.717) is 11.3 Å². The monoisotopic (exact) mass is 180 g/mol. The van der Waals surface area contributed by atoms with Gasteiger partial charge in [-0.2, -0.15) is 11.8 Å². The van der Waals surface area contributed by atoms with E-state index >= 15 is 0 Å². The Balaban J connectivity index is 3.40. The topological polar surface area (TPSA) is 0 Å². The van der Waals surface area contributed by atoms with Crippen molar-refractivity contribution in [2.24, 2.45) is 5.92 Å². The normalized spacial score (nSPS) is 16.8. The van der Waals surface area contributed by atoms with Gasteiger partial charge in [0.15, 0.2) is 0 Å². The summed E-state index contributed by atoms with van der Waals surface area (Å²) in [5, 5.41) is 0.345. The highest BCUT2D eigenvalue weighted by Gasteiger charge is 2.11. The Kier molecular flexibility index (Phi) is 6.76. The molecule has 0 heterocycles. The summed E-state index contributed by atoms with van der Waals surface area (Å²) in [6.45, 7) is 4.31. The van der Waals surface area contributed by atoms with Crippen LogP contribution in [-0.2, 0) is 0 Å². The molecule has 0 aliphatic carbocycles. The van der Waals surface area contributed by atoms with Crippen LogP contribution in [0.3, 0.4) is 0 Å². The van der Waals surface area contributed by atoms with Gasteiger partial charge in [0.05, 0.1) is 0 Å². The molecule has 0 rings (SSSR count). The molecule has 62 valence electrons. The maximum atomic E-state index is 5.97. The third kappa shape index (κ3) is 4.45. The van der Waals surface area contributed by atoms with Gasteiger partial charge in [0.25, 0.3) is 0 Å². The van der Waals surface area contributed by atoms with Crippen molar-refractivity contribution in [3.8, 4) is 0 Å². The number of rotatable bonds is 5. The van der Waals surface area contributed by atoms with E-state index in [9.17, 15) is 0 Å². The number of alkyl halides is 1. The molecule has 0 radical (unpaired) electrons. The van der Waals surface area contributed by atoms with E-state index < -0.39 is 0 Å². The first kappa shape index (κ1) is 10.6. The van der Waals surface area contributed by atoms with Crippen LogP contribution >= 0.6 is 23.4 Å². The Morgan fingerprint density at radius 2 is 2.10 bits per heavy atom. The van der Waals surface area contributed by atoms with Crippen molar-refractivity contribution >= 4 is 23.4 Å². The molecule has 0 aromatic heterocycles. The second-order valence-corrected chi connectivity index (χ2v) is 4.30. The van der Waals surface area contributed by atoms with Gasteiger partial charge >= 0.3 is 0 Å². The molecular formula is C8H17ClS. The van der Waals surface area contributed by atoms with E-state index in [1.807, 2.05) is 11.8 Å². The predicted octanol–water partition coefficient (Wildman–Crippen LogP) is 3.39. The molecule has 0 aromatic carbocycles. The van der Waals surface area contributed by atoms with Crippen LogP contribution in [0.1, 0.15) is 26.7 Å². The molecule has 0 saturated heterocycles. The SMILES string of the molecule is CCC(CCSC)C(C)Cl. The van der Waals surface area contributed by atoms with Crippen LogP contribution in [0.4, 0.5) is 0 Å². The molecule has 0 N–H and O–H groups in total. The van der Waals surface area contributed by atoms with Gasteiger partial charge in [-0.05, 0) is 31.3 Å². The maximum Gasteiger partial charge on any atom is 0.0336 e. The summed E-state index contributed by atoms with van der Waals surface area (Å²) < 4.78 is 0. The molecule has 0 aliphatic heterocycles. The third-order valence-electron chi connectivity index (χ3n) is 1.87. The van der Waals surface area contributed by atoms with E-state index in [2.05, 4.69) is 20.1 Å². The van der Waals surface area contributed by atoms with Crippen LogP contribution in [0, 0.1) is 5.92 Å². The number of hydrogen-bond acceptors (Lipinski definition) is 1. The van der Waals surface area contributed by atoms with E-state index in [-0.39, 0.29) is 0 Å². The van der Waals surface area contributed by atoms with Crippen LogP contribution in [0.5, 0.6) is 0 Å². The lowest BCUT2D eigenvalue weighted by atomic mass is 10.0. The Hall–Kier alpha value is 0.640. The van der Waals surface area contributed by atoms with E-state index in [1.165, 1.54) is 18.6 Å². The minimum absolute atomic E-state index is 0.345. The van der Waals surface area contributed by atoms with Crippen LogP contribution < -0.4 is 0 Å². The van der Waals surface area contributed by atoms with Gasteiger partial charge in [-0.15, -0.1) is 11.6 Å². The zero-order chi connectivity index (χ0) is 7.98. The summed E-state index contributed by atoms with van der Waals surface area (Å²) >= 11 is 7.87. The minimum atomic E-state index is 0.345. The summed E-state index contributed by atoms with van der Waals surface area (Å²) in [7, 11) is 0. The van der Waals surface area contributed by atoms with Gasteiger partial charge in [-0.25, -0.2) is 0 Å². The van der Waals surface area contributed by atoms with E-state index in [4.69, 9.17) is 11.6 Å². The Morgan fingerprint density at radius 1 is 1.50 bits per heavy atom. The molecule has 0 nitrogen and oxygen atoms in total. The highest BCUT2D eigenvalue weighted by Crippen LogP contribution is 2.19. The van der Waals surface area contributed by atoms with Crippen LogP contribution in [0.25, 0.3) is 0 Å². The molecule has 0 saturated carbocycles. The Morgan fingerprint density at radius 3 is 2.40 bits per heavy atom. The van der Waals surface area contributed by atoms with Gasteiger partial charge in [-0.3, -0.25) is 0 Å². The number of thioether (sulfide) groups is 1. The maximum absolute atomic E-state index is 5.97. The van der Waals surface area contributed by atoms with Crippen LogP contribution in [-0.4, -0.2) is 17.4 Å². The predicted molar refractivity (Wildman–Crippen MR) is 52.1 cm³/mol. The van der Waals surface area contributed by atoms with Gasteiger partial charge in [-0.1, -0.05) is 13.3 Å². The number of hydrogen-bond donors (Lipinski definition) is 0. The largest absolute Gasteiger partial charge is 0.165 e. The molecule has 0 aromatic rings. The Labute approximate surface area is 73.7 Å². The standard InChI is InChI=1S/C8H17ClS/c1-4-8(7(2)9)5-6-10-3/h7-8H,4-6H2,1-3H3. The fraction of sp³-hybridized carbons (Fsp3) is 1.00. The molecule has 0 amide bonds. The lowest BCUT2D eigenvalue weighted by Crippen LogP contribution is -2.10. The van der Waals surface area contributed by atoms with Crippen molar-refractivity contribution in [1.82, 2.24) is 0 Å². The second kappa shape index (κ2) is 6.36. The molecular weight excluding hydrogens is 164 g/mol. The molecule has 0 bridgehead atoms. The smallest absolute Gasteiger partial charge is 0.0336 e. The van der Waals surface area contributed by atoms with Crippen molar-refractivity contribution < 1.29 is 0 Å². The first-order chi connectivity index (χ1) is 4.72. The highest BCUT2D eigenvalue weighted by molar-refractivity contribution is 7.98. The fourth-order valence-corrected chi connectivity index (χ4v) is 1.87. The first-order valence-electron chi connectivity index (χ1n) is 3.85. The lowest BCUT2D eigenvalue weighted by molar-refractivity contribution is 0.488. The van der Waals surface area contributed by atoms with Crippen molar-refractivity contribution in [3.63, 3.8) is 0 Å². The van der Waals surface area contributed by atoms with E-state index in [0.717, 1.165) is 0 Å². The van der Waals surface area contributed by atoms with Crippen molar-refractivity contribution in [2.45, 2.75) is 32.1 Å². The van der Waals surface area contributed by atoms with E-state index in [1.54, 1.807) is 0 Å². The molecule has 2 heteroatoms. The van der Waals surface area contributed by atoms with Gasteiger partial charge in [0, 0.05) is 5.38 Å². The Bertz CT molecular complexity index is 73.7. The molecule has 10 heavy (non-hydrogen) atoms. The van der Waals surface area contributed by atoms with Gasteiger partial charge < -0.3 is 0 Å². The zero-order valence-electron chi connectivity index (χ0n) is 7.06. The summed E-state index contributed by atoms with van der Waals surface area (Å²) in [5.74, 6) is 1.96. The second-order valence-electron chi connectivity index (χ2n) is 2.63. The molecule has 2 unspecified atom stereocenters. The highest BCUT2D eigenvalue weighted by atomic mass is 35.5. The lowest BCUT2D eigenvalue weighted by Gasteiger charge is -2.15. The minimum Gasteiger partial charge on any atom is -0.165 e. The average Bonchev–Trinajstić information content (AvgIpc) is 1.89. The quantitative estimate of drug-likeness (QED) is 0.585. The van der Waals surface area contributed by atoms with Crippen molar-refractivity contribution in [1.29, 1.82) is 0 Å². The first-order valence-corrected chi connectivity index (χ1v) is 5.68. The molecule has 0 fully saturated rings. The zero-order valence-corrected chi connectivity index (χ0v) is 8.63.